The second kappa shape index (κ2) is 3.97. The predicted molar refractivity (Wildman–Crippen MR) is 67.2 cm³/mol. The highest BCUT2D eigenvalue weighted by molar-refractivity contribution is 5.33. The molecular weight excluding hydrogens is 182 g/mol. The molecule has 15 heavy (non-hydrogen) atoms. The third-order valence-corrected chi connectivity index (χ3v) is 3.02. The minimum atomic E-state index is 0.0707. The van der Waals surface area contributed by atoms with Crippen LogP contribution >= 0.6 is 0 Å². The van der Waals surface area contributed by atoms with E-state index in [9.17, 15) is 0 Å². The zero-order valence-corrected chi connectivity index (χ0v) is 10.6. The highest BCUT2D eigenvalue weighted by Crippen LogP contribution is 2.28. The SMILES string of the molecule is CC(C)(C)c1cccc(C(C)(C)CN)c1. The van der Waals surface area contributed by atoms with Crippen LogP contribution in [0.15, 0.2) is 24.3 Å². The van der Waals surface area contributed by atoms with E-state index in [-0.39, 0.29) is 10.8 Å². The molecule has 84 valence electrons. The molecule has 0 heterocycles. The summed E-state index contributed by atoms with van der Waals surface area (Å²) in [5.41, 5.74) is 8.78. The van der Waals surface area contributed by atoms with E-state index in [0.29, 0.717) is 6.54 Å². The van der Waals surface area contributed by atoms with E-state index in [2.05, 4.69) is 58.9 Å². The summed E-state index contributed by atoms with van der Waals surface area (Å²) in [5.74, 6) is 0. The first-order valence-corrected chi connectivity index (χ1v) is 5.58. The molecule has 0 fully saturated rings. The molecule has 0 aliphatic heterocycles. The maximum absolute atomic E-state index is 5.80. The van der Waals surface area contributed by atoms with E-state index >= 15 is 0 Å². The van der Waals surface area contributed by atoms with Crippen molar-refractivity contribution in [3.05, 3.63) is 35.4 Å². The molecule has 0 bridgehead atoms. The summed E-state index contributed by atoms with van der Waals surface area (Å²) in [6.45, 7) is 11.8. The summed E-state index contributed by atoms with van der Waals surface area (Å²) in [6.07, 6.45) is 0. The van der Waals surface area contributed by atoms with Gasteiger partial charge in [0.25, 0.3) is 0 Å². The minimum absolute atomic E-state index is 0.0707. The Balaban J connectivity index is 3.14. The number of hydrogen-bond acceptors (Lipinski definition) is 1. The third kappa shape index (κ3) is 2.82. The Morgan fingerprint density at radius 1 is 1.00 bits per heavy atom. The van der Waals surface area contributed by atoms with E-state index in [4.69, 9.17) is 5.73 Å². The van der Waals surface area contributed by atoms with E-state index < -0.39 is 0 Å². The summed E-state index contributed by atoms with van der Waals surface area (Å²) < 4.78 is 0. The Kier molecular flexibility index (Phi) is 3.25. The number of benzene rings is 1. The van der Waals surface area contributed by atoms with Gasteiger partial charge in [0.1, 0.15) is 0 Å². The summed E-state index contributed by atoms with van der Waals surface area (Å²) in [4.78, 5) is 0. The van der Waals surface area contributed by atoms with Crippen LogP contribution in [0.1, 0.15) is 45.7 Å². The van der Waals surface area contributed by atoms with Crippen LogP contribution in [0.5, 0.6) is 0 Å². The fourth-order valence-electron chi connectivity index (χ4n) is 1.52. The molecular formula is C14H23N. The fraction of sp³-hybridized carbons (Fsp3) is 0.571. The van der Waals surface area contributed by atoms with Crippen molar-refractivity contribution >= 4 is 0 Å². The molecule has 0 amide bonds. The number of nitrogens with two attached hydrogens (primary N) is 1. The van der Waals surface area contributed by atoms with Crippen molar-refractivity contribution in [3.8, 4) is 0 Å². The Bertz CT molecular complexity index is 331. The molecule has 0 aliphatic rings. The maximum Gasteiger partial charge on any atom is 0.00191 e. The molecule has 0 saturated heterocycles. The zero-order valence-electron chi connectivity index (χ0n) is 10.6. The van der Waals surface area contributed by atoms with Crippen LogP contribution in [0.4, 0.5) is 0 Å². The summed E-state index contributed by atoms with van der Waals surface area (Å²) >= 11 is 0. The van der Waals surface area contributed by atoms with Crippen molar-refractivity contribution in [1.82, 2.24) is 0 Å². The molecule has 0 atom stereocenters. The first-order valence-electron chi connectivity index (χ1n) is 5.58. The lowest BCUT2D eigenvalue weighted by Gasteiger charge is -2.26. The van der Waals surface area contributed by atoms with Gasteiger partial charge in [0.2, 0.25) is 0 Å². The smallest absolute Gasteiger partial charge is 0.00191 e. The van der Waals surface area contributed by atoms with Gasteiger partial charge in [-0.05, 0) is 16.5 Å². The molecule has 1 nitrogen and oxygen atoms in total. The van der Waals surface area contributed by atoms with Crippen molar-refractivity contribution in [3.63, 3.8) is 0 Å². The first-order chi connectivity index (χ1) is 6.77. The molecule has 1 aromatic rings. The summed E-state index contributed by atoms with van der Waals surface area (Å²) in [5, 5.41) is 0. The topological polar surface area (TPSA) is 26.0 Å². The second-order valence-electron chi connectivity index (χ2n) is 5.92. The van der Waals surface area contributed by atoms with Gasteiger partial charge in [-0.25, -0.2) is 0 Å². The lowest BCUT2D eigenvalue weighted by molar-refractivity contribution is 0.532. The molecule has 0 aromatic heterocycles. The number of hydrogen-bond donors (Lipinski definition) is 1. The molecule has 1 rings (SSSR count). The van der Waals surface area contributed by atoms with E-state index in [1.165, 1.54) is 11.1 Å². The van der Waals surface area contributed by atoms with Gasteiger partial charge in [0, 0.05) is 12.0 Å². The Morgan fingerprint density at radius 3 is 2.00 bits per heavy atom. The van der Waals surface area contributed by atoms with Gasteiger partial charge in [0.15, 0.2) is 0 Å². The molecule has 0 radical (unpaired) electrons. The predicted octanol–water partition coefficient (Wildman–Crippen LogP) is 3.22. The lowest BCUT2D eigenvalue weighted by Crippen LogP contribution is -2.28. The standard InChI is InChI=1S/C14H23N/c1-13(2,3)11-7-6-8-12(9-11)14(4,5)10-15/h6-9H,10,15H2,1-5H3. The van der Waals surface area contributed by atoms with Crippen molar-refractivity contribution in [2.45, 2.75) is 45.4 Å². The summed E-state index contributed by atoms with van der Waals surface area (Å²) in [7, 11) is 0. The highest BCUT2D eigenvalue weighted by Gasteiger charge is 2.21. The van der Waals surface area contributed by atoms with Crippen LogP contribution in [-0.2, 0) is 10.8 Å². The van der Waals surface area contributed by atoms with Crippen LogP contribution in [-0.4, -0.2) is 6.54 Å². The van der Waals surface area contributed by atoms with E-state index in [1.54, 1.807) is 0 Å². The van der Waals surface area contributed by atoms with Crippen LogP contribution in [0.25, 0.3) is 0 Å². The molecule has 0 aliphatic carbocycles. The van der Waals surface area contributed by atoms with Gasteiger partial charge in [-0.15, -0.1) is 0 Å². The van der Waals surface area contributed by atoms with E-state index in [0.717, 1.165) is 0 Å². The number of rotatable bonds is 2. The van der Waals surface area contributed by atoms with Crippen LogP contribution in [0.3, 0.4) is 0 Å². The molecule has 0 saturated carbocycles. The normalized spacial score (nSPS) is 12.9. The lowest BCUT2D eigenvalue weighted by atomic mass is 9.80. The molecule has 0 spiro atoms. The molecule has 0 unspecified atom stereocenters. The maximum atomic E-state index is 5.80. The quantitative estimate of drug-likeness (QED) is 0.788. The largest absolute Gasteiger partial charge is 0.330 e. The minimum Gasteiger partial charge on any atom is -0.330 e. The van der Waals surface area contributed by atoms with Crippen molar-refractivity contribution < 1.29 is 0 Å². The van der Waals surface area contributed by atoms with Crippen LogP contribution < -0.4 is 5.73 Å². The second-order valence-corrected chi connectivity index (χ2v) is 5.92. The van der Waals surface area contributed by atoms with Gasteiger partial charge in [-0.3, -0.25) is 0 Å². The van der Waals surface area contributed by atoms with Gasteiger partial charge >= 0.3 is 0 Å². The van der Waals surface area contributed by atoms with Crippen LogP contribution in [0.2, 0.25) is 0 Å². The first kappa shape index (κ1) is 12.3. The monoisotopic (exact) mass is 205 g/mol. The van der Waals surface area contributed by atoms with Crippen molar-refractivity contribution in [2.75, 3.05) is 6.54 Å². The molecule has 1 aromatic carbocycles. The Hall–Kier alpha value is -0.820. The van der Waals surface area contributed by atoms with Gasteiger partial charge < -0.3 is 5.73 Å². The van der Waals surface area contributed by atoms with Gasteiger partial charge in [-0.1, -0.05) is 58.9 Å². The Morgan fingerprint density at radius 2 is 1.53 bits per heavy atom. The third-order valence-electron chi connectivity index (χ3n) is 3.02. The van der Waals surface area contributed by atoms with Gasteiger partial charge in [0.05, 0.1) is 0 Å². The highest BCUT2D eigenvalue weighted by atomic mass is 14.6. The Labute approximate surface area is 93.7 Å². The fourth-order valence-corrected chi connectivity index (χ4v) is 1.52. The van der Waals surface area contributed by atoms with Crippen molar-refractivity contribution in [1.29, 1.82) is 0 Å². The average Bonchev–Trinajstić information content (AvgIpc) is 2.17. The average molecular weight is 205 g/mol. The van der Waals surface area contributed by atoms with Crippen LogP contribution in [0, 0.1) is 0 Å². The molecule has 2 N–H and O–H groups in total. The summed E-state index contributed by atoms with van der Waals surface area (Å²) in [6, 6.07) is 8.78. The zero-order chi connectivity index (χ0) is 11.7. The molecule has 1 heteroatoms. The van der Waals surface area contributed by atoms with Crippen molar-refractivity contribution in [2.24, 2.45) is 5.73 Å². The van der Waals surface area contributed by atoms with E-state index in [1.807, 2.05) is 0 Å². The van der Waals surface area contributed by atoms with Gasteiger partial charge in [-0.2, -0.15) is 0 Å².